The van der Waals surface area contributed by atoms with Crippen LogP contribution in [-0.2, 0) is 18.2 Å². The molecule has 1 heterocycles. The molecular weight excluding hydrogens is 218 g/mol. The molecule has 0 aliphatic heterocycles. The summed E-state index contributed by atoms with van der Waals surface area (Å²) in [6.45, 7) is 0.947. The van der Waals surface area contributed by atoms with E-state index < -0.39 is 5.60 Å². The zero-order valence-electron chi connectivity index (χ0n) is 10.7. The number of nitrogens with zero attached hydrogens (tertiary/aromatic N) is 2. The van der Waals surface area contributed by atoms with Crippen LogP contribution in [0.1, 0.15) is 25.0 Å². The molecule has 1 unspecified atom stereocenters. The number of rotatable bonds is 8. The van der Waals surface area contributed by atoms with Gasteiger partial charge in [-0.2, -0.15) is 5.10 Å². The van der Waals surface area contributed by atoms with Crippen molar-refractivity contribution < 1.29 is 9.84 Å². The first kappa shape index (κ1) is 14.2. The number of nitrogens with two attached hydrogens (primary N) is 1. The summed E-state index contributed by atoms with van der Waals surface area (Å²) >= 11 is 0. The maximum absolute atomic E-state index is 10.4. The van der Waals surface area contributed by atoms with Crippen LogP contribution in [0.3, 0.4) is 0 Å². The van der Waals surface area contributed by atoms with E-state index in [0.717, 1.165) is 18.5 Å². The second kappa shape index (κ2) is 6.74. The van der Waals surface area contributed by atoms with Crippen molar-refractivity contribution in [3.63, 3.8) is 0 Å². The van der Waals surface area contributed by atoms with Gasteiger partial charge in [-0.25, -0.2) is 0 Å². The molecule has 3 N–H and O–H groups in total. The lowest BCUT2D eigenvalue weighted by molar-refractivity contribution is -0.0438. The van der Waals surface area contributed by atoms with E-state index in [1.54, 1.807) is 13.3 Å². The van der Waals surface area contributed by atoms with Crippen LogP contribution in [0.25, 0.3) is 0 Å². The highest BCUT2D eigenvalue weighted by Gasteiger charge is 2.26. The van der Waals surface area contributed by atoms with Crippen LogP contribution in [0.5, 0.6) is 0 Å². The zero-order valence-corrected chi connectivity index (χ0v) is 10.7. The quantitative estimate of drug-likeness (QED) is 0.694. The van der Waals surface area contributed by atoms with E-state index in [-0.39, 0.29) is 0 Å². The predicted molar refractivity (Wildman–Crippen MR) is 66.6 cm³/mol. The number of aryl methyl sites for hydroxylation is 2. The van der Waals surface area contributed by atoms with E-state index in [2.05, 4.69) is 5.10 Å². The number of aliphatic hydroxyl groups is 1. The Hall–Kier alpha value is -0.910. The summed E-state index contributed by atoms with van der Waals surface area (Å²) < 4.78 is 6.92. The second-order valence-corrected chi connectivity index (χ2v) is 4.50. The molecule has 1 atom stereocenters. The summed E-state index contributed by atoms with van der Waals surface area (Å²) in [5.74, 6) is 0. The molecule has 5 heteroatoms. The third-order valence-electron chi connectivity index (χ3n) is 3.03. The van der Waals surface area contributed by atoms with Crippen molar-refractivity contribution in [1.82, 2.24) is 9.78 Å². The summed E-state index contributed by atoms with van der Waals surface area (Å²) in [7, 11) is 3.52. The highest BCUT2D eigenvalue weighted by Crippen LogP contribution is 2.20. The van der Waals surface area contributed by atoms with Gasteiger partial charge < -0.3 is 15.6 Å². The molecule has 1 rings (SSSR count). The minimum absolute atomic E-state index is 0.352. The van der Waals surface area contributed by atoms with Crippen molar-refractivity contribution in [2.75, 3.05) is 20.3 Å². The van der Waals surface area contributed by atoms with E-state index in [4.69, 9.17) is 10.5 Å². The highest BCUT2D eigenvalue weighted by molar-refractivity contribution is 5.01. The average Bonchev–Trinajstić information content (AvgIpc) is 2.70. The molecule has 1 aromatic rings. The minimum Gasteiger partial charge on any atom is -0.387 e. The number of aromatic nitrogens is 2. The lowest BCUT2D eigenvalue weighted by Gasteiger charge is -2.27. The van der Waals surface area contributed by atoms with E-state index in [0.29, 0.717) is 26.0 Å². The van der Waals surface area contributed by atoms with Crippen LogP contribution in [0, 0.1) is 0 Å². The standard InChI is InChI=1S/C12H23N3O2/c1-15-11(5-9-14-15)4-7-12(16,10-17-2)6-3-8-13/h5,9,16H,3-4,6-8,10,13H2,1-2H3. The lowest BCUT2D eigenvalue weighted by atomic mass is 9.92. The smallest absolute Gasteiger partial charge is 0.0884 e. The maximum atomic E-state index is 10.4. The summed E-state index contributed by atoms with van der Waals surface area (Å²) in [4.78, 5) is 0. The molecule has 0 saturated carbocycles. The topological polar surface area (TPSA) is 73.3 Å². The van der Waals surface area contributed by atoms with Gasteiger partial charge in [-0.15, -0.1) is 0 Å². The minimum atomic E-state index is -0.779. The Morgan fingerprint density at radius 1 is 1.53 bits per heavy atom. The van der Waals surface area contributed by atoms with E-state index in [9.17, 15) is 5.11 Å². The second-order valence-electron chi connectivity index (χ2n) is 4.50. The molecule has 0 aromatic carbocycles. The van der Waals surface area contributed by atoms with Gasteiger partial charge in [0, 0.05) is 26.0 Å². The molecule has 0 aliphatic rings. The Bertz CT molecular complexity index is 327. The van der Waals surface area contributed by atoms with Crippen LogP contribution in [0.4, 0.5) is 0 Å². The molecule has 0 amide bonds. The molecule has 17 heavy (non-hydrogen) atoms. The molecule has 1 aromatic heterocycles. The summed E-state index contributed by atoms with van der Waals surface area (Å²) in [6, 6.07) is 1.97. The van der Waals surface area contributed by atoms with Crippen molar-refractivity contribution in [3.8, 4) is 0 Å². The zero-order chi connectivity index (χ0) is 12.7. The molecule has 0 bridgehead atoms. The number of methoxy groups -OCH3 is 1. The van der Waals surface area contributed by atoms with E-state index >= 15 is 0 Å². The SMILES string of the molecule is COCC(O)(CCCN)CCc1ccnn1C. The van der Waals surface area contributed by atoms with Crippen molar-refractivity contribution in [3.05, 3.63) is 18.0 Å². The molecular formula is C12H23N3O2. The lowest BCUT2D eigenvalue weighted by Crippen LogP contribution is -2.35. The largest absolute Gasteiger partial charge is 0.387 e. The summed E-state index contributed by atoms with van der Waals surface area (Å²) in [5, 5.41) is 14.5. The van der Waals surface area contributed by atoms with Gasteiger partial charge >= 0.3 is 0 Å². The van der Waals surface area contributed by atoms with Crippen LogP contribution in [0.15, 0.2) is 12.3 Å². The van der Waals surface area contributed by atoms with Gasteiger partial charge in [0.25, 0.3) is 0 Å². The first-order valence-electron chi connectivity index (χ1n) is 5.99. The van der Waals surface area contributed by atoms with Crippen LogP contribution < -0.4 is 5.73 Å². The predicted octanol–water partition coefficient (Wildman–Crippen LogP) is 0.469. The molecule has 0 spiro atoms. The fourth-order valence-electron chi connectivity index (χ4n) is 1.98. The van der Waals surface area contributed by atoms with Gasteiger partial charge in [-0.1, -0.05) is 0 Å². The van der Waals surface area contributed by atoms with Crippen molar-refractivity contribution in [2.24, 2.45) is 12.8 Å². The van der Waals surface area contributed by atoms with Gasteiger partial charge in [-0.05, 0) is 38.3 Å². The fraction of sp³-hybridized carbons (Fsp3) is 0.750. The fourth-order valence-corrected chi connectivity index (χ4v) is 1.98. The van der Waals surface area contributed by atoms with Gasteiger partial charge in [-0.3, -0.25) is 4.68 Å². The van der Waals surface area contributed by atoms with E-state index in [1.807, 2.05) is 17.8 Å². The van der Waals surface area contributed by atoms with E-state index in [1.165, 1.54) is 0 Å². The highest BCUT2D eigenvalue weighted by atomic mass is 16.5. The summed E-state index contributed by atoms with van der Waals surface area (Å²) in [6.07, 6.45) is 4.71. The number of ether oxygens (including phenoxy) is 1. The molecule has 0 radical (unpaired) electrons. The average molecular weight is 241 g/mol. The van der Waals surface area contributed by atoms with Gasteiger partial charge in [0.1, 0.15) is 0 Å². The molecule has 0 saturated heterocycles. The van der Waals surface area contributed by atoms with Gasteiger partial charge in [0.2, 0.25) is 0 Å². The third kappa shape index (κ3) is 4.46. The number of hydrogen-bond donors (Lipinski definition) is 2. The molecule has 0 fully saturated rings. The third-order valence-corrected chi connectivity index (χ3v) is 3.03. The van der Waals surface area contributed by atoms with Crippen LogP contribution in [-0.4, -0.2) is 40.7 Å². The first-order chi connectivity index (χ1) is 8.11. The van der Waals surface area contributed by atoms with Crippen molar-refractivity contribution in [1.29, 1.82) is 0 Å². The van der Waals surface area contributed by atoms with Gasteiger partial charge in [0.15, 0.2) is 0 Å². The van der Waals surface area contributed by atoms with Gasteiger partial charge in [0.05, 0.1) is 12.2 Å². The van der Waals surface area contributed by atoms with Crippen molar-refractivity contribution >= 4 is 0 Å². The Balaban J connectivity index is 2.51. The Labute approximate surface area is 103 Å². The Morgan fingerprint density at radius 3 is 2.82 bits per heavy atom. The molecule has 0 aliphatic carbocycles. The Kier molecular flexibility index (Phi) is 5.61. The Morgan fingerprint density at radius 2 is 2.29 bits per heavy atom. The van der Waals surface area contributed by atoms with Crippen molar-refractivity contribution in [2.45, 2.75) is 31.3 Å². The molecule has 5 nitrogen and oxygen atoms in total. The first-order valence-corrected chi connectivity index (χ1v) is 5.99. The monoisotopic (exact) mass is 241 g/mol. The number of hydrogen-bond acceptors (Lipinski definition) is 4. The normalized spacial score (nSPS) is 14.8. The summed E-state index contributed by atoms with van der Waals surface area (Å²) in [5.41, 5.74) is 5.82. The maximum Gasteiger partial charge on any atom is 0.0884 e. The molecule has 98 valence electrons. The van der Waals surface area contributed by atoms with Crippen LogP contribution >= 0.6 is 0 Å². The van der Waals surface area contributed by atoms with Crippen LogP contribution in [0.2, 0.25) is 0 Å².